The molecule has 1 aromatic heterocycles. The molecule has 1 heterocycles. The number of hydrogen-bond donors (Lipinski definition) is 1. The van der Waals surface area contributed by atoms with Crippen molar-refractivity contribution >= 4 is 29.3 Å². The number of carbonyl (C=O) groups is 1. The van der Waals surface area contributed by atoms with Crippen molar-refractivity contribution < 1.29 is 13.9 Å². The minimum atomic E-state index is -0.114. The summed E-state index contributed by atoms with van der Waals surface area (Å²) in [7, 11) is 1.61. The van der Waals surface area contributed by atoms with E-state index in [0.29, 0.717) is 22.7 Å². The predicted octanol–water partition coefficient (Wildman–Crippen LogP) is 3.81. The molecule has 3 aromatic rings. The Bertz CT molecular complexity index is 866. The number of amides is 1. The monoisotopic (exact) mass is 389 g/mol. The summed E-state index contributed by atoms with van der Waals surface area (Å²) in [6.45, 7) is 0.448. The molecule has 6 nitrogen and oxygen atoms in total. The number of halogens is 1. The number of carbonyl (C=O) groups excluding carboxylic acids is 1. The van der Waals surface area contributed by atoms with Crippen LogP contribution in [0.5, 0.6) is 5.75 Å². The van der Waals surface area contributed by atoms with Gasteiger partial charge in [0.1, 0.15) is 5.75 Å². The van der Waals surface area contributed by atoms with Gasteiger partial charge in [-0.15, -0.1) is 10.2 Å². The van der Waals surface area contributed by atoms with Crippen LogP contribution in [0, 0.1) is 0 Å². The van der Waals surface area contributed by atoms with Gasteiger partial charge in [-0.3, -0.25) is 4.79 Å². The molecule has 3 rings (SSSR count). The Hall–Kier alpha value is -2.51. The van der Waals surface area contributed by atoms with Crippen LogP contribution in [0.2, 0.25) is 5.02 Å². The van der Waals surface area contributed by atoms with E-state index in [9.17, 15) is 4.79 Å². The summed E-state index contributed by atoms with van der Waals surface area (Å²) < 4.78 is 10.7. The Kier molecular flexibility index (Phi) is 6.14. The highest BCUT2D eigenvalue weighted by Gasteiger charge is 2.11. The smallest absolute Gasteiger partial charge is 0.277 e. The lowest BCUT2D eigenvalue weighted by Crippen LogP contribution is -2.24. The average Bonchev–Trinajstić information content (AvgIpc) is 3.14. The molecule has 0 aliphatic rings. The minimum Gasteiger partial charge on any atom is -0.497 e. The largest absolute Gasteiger partial charge is 0.497 e. The number of ether oxygens (including phenoxy) is 1. The topological polar surface area (TPSA) is 77.2 Å². The highest BCUT2D eigenvalue weighted by Crippen LogP contribution is 2.24. The van der Waals surface area contributed by atoms with Crippen molar-refractivity contribution in [3.63, 3.8) is 0 Å². The number of rotatable bonds is 7. The van der Waals surface area contributed by atoms with Gasteiger partial charge in [0.2, 0.25) is 11.8 Å². The number of nitrogens with one attached hydrogen (secondary N) is 1. The van der Waals surface area contributed by atoms with Crippen molar-refractivity contribution in [2.75, 3.05) is 12.9 Å². The molecule has 0 spiro atoms. The molecule has 8 heteroatoms. The van der Waals surface area contributed by atoms with Gasteiger partial charge in [0.15, 0.2) is 0 Å². The van der Waals surface area contributed by atoms with Gasteiger partial charge < -0.3 is 14.5 Å². The van der Waals surface area contributed by atoms with Crippen LogP contribution in [0.1, 0.15) is 5.56 Å². The van der Waals surface area contributed by atoms with Crippen molar-refractivity contribution in [1.82, 2.24) is 15.5 Å². The van der Waals surface area contributed by atoms with Crippen LogP contribution in [0.25, 0.3) is 11.5 Å². The summed E-state index contributed by atoms with van der Waals surface area (Å²) in [5.74, 6) is 1.25. The van der Waals surface area contributed by atoms with E-state index in [2.05, 4.69) is 15.5 Å². The van der Waals surface area contributed by atoms with Gasteiger partial charge in [0.05, 0.1) is 12.9 Å². The normalized spacial score (nSPS) is 10.5. The molecule has 0 bridgehead atoms. The van der Waals surface area contributed by atoms with Crippen molar-refractivity contribution in [1.29, 1.82) is 0 Å². The Morgan fingerprint density at radius 3 is 2.58 bits per heavy atom. The van der Waals surface area contributed by atoms with Crippen molar-refractivity contribution in [2.45, 2.75) is 11.8 Å². The van der Waals surface area contributed by atoms with E-state index in [4.69, 9.17) is 20.8 Å². The van der Waals surface area contributed by atoms with Crippen LogP contribution < -0.4 is 10.1 Å². The summed E-state index contributed by atoms with van der Waals surface area (Å²) in [5.41, 5.74) is 1.77. The fourth-order valence-corrected chi connectivity index (χ4v) is 2.82. The summed E-state index contributed by atoms with van der Waals surface area (Å²) in [6.07, 6.45) is 0. The third kappa shape index (κ3) is 5.00. The first-order valence-electron chi connectivity index (χ1n) is 7.76. The third-order valence-electron chi connectivity index (χ3n) is 3.47. The highest BCUT2D eigenvalue weighted by atomic mass is 35.5. The maximum atomic E-state index is 12.0. The lowest BCUT2D eigenvalue weighted by Gasteiger charge is -2.05. The van der Waals surface area contributed by atoms with E-state index in [1.165, 1.54) is 11.8 Å². The second-order valence-corrected chi connectivity index (χ2v) is 6.66. The highest BCUT2D eigenvalue weighted by molar-refractivity contribution is 7.99. The second kappa shape index (κ2) is 8.73. The van der Waals surface area contributed by atoms with Crippen LogP contribution in [0.4, 0.5) is 0 Å². The maximum Gasteiger partial charge on any atom is 0.277 e. The SMILES string of the molecule is COc1ccc(CNC(=O)CSc2nnc(-c3ccc(Cl)cc3)o2)cc1. The zero-order valence-corrected chi connectivity index (χ0v) is 15.5. The van der Waals surface area contributed by atoms with Crippen molar-refractivity contribution in [3.8, 4) is 17.2 Å². The first-order valence-corrected chi connectivity index (χ1v) is 9.12. The second-order valence-electron chi connectivity index (χ2n) is 5.29. The van der Waals surface area contributed by atoms with Gasteiger partial charge in [-0.25, -0.2) is 0 Å². The summed E-state index contributed by atoms with van der Waals surface area (Å²) >= 11 is 7.05. The maximum absolute atomic E-state index is 12.0. The quantitative estimate of drug-likeness (QED) is 0.619. The average molecular weight is 390 g/mol. The Morgan fingerprint density at radius 2 is 1.88 bits per heavy atom. The Morgan fingerprint density at radius 1 is 1.15 bits per heavy atom. The molecule has 134 valence electrons. The van der Waals surface area contributed by atoms with Crippen molar-refractivity contribution in [2.24, 2.45) is 0 Å². The number of methoxy groups -OCH3 is 1. The molecule has 0 atom stereocenters. The van der Waals surface area contributed by atoms with Gasteiger partial charge in [-0.1, -0.05) is 35.5 Å². The molecule has 0 unspecified atom stereocenters. The van der Waals surface area contributed by atoms with E-state index in [0.717, 1.165) is 16.9 Å². The van der Waals surface area contributed by atoms with Gasteiger partial charge in [-0.2, -0.15) is 0 Å². The number of thioether (sulfide) groups is 1. The Balaban J connectivity index is 1.47. The number of benzene rings is 2. The molecule has 2 aromatic carbocycles. The molecule has 0 aliphatic carbocycles. The fraction of sp³-hybridized carbons (Fsp3) is 0.167. The molecule has 0 aliphatic heterocycles. The summed E-state index contributed by atoms with van der Waals surface area (Å²) in [4.78, 5) is 12.0. The number of hydrogen-bond acceptors (Lipinski definition) is 6. The van der Waals surface area contributed by atoms with Crippen molar-refractivity contribution in [3.05, 3.63) is 59.1 Å². The van der Waals surface area contributed by atoms with Gasteiger partial charge in [0.25, 0.3) is 5.22 Å². The zero-order valence-electron chi connectivity index (χ0n) is 13.9. The molecule has 1 N–H and O–H groups in total. The molecule has 0 saturated heterocycles. The minimum absolute atomic E-state index is 0.114. The van der Waals surface area contributed by atoms with Gasteiger partial charge >= 0.3 is 0 Å². The summed E-state index contributed by atoms with van der Waals surface area (Å²) in [6, 6.07) is 14.6. The van der Waals surface area contributed by atoms with Crippen LogP contribution in [0.3, 0.4) is 0 Å². The van der Waals surface area contributed by atoms with E-state index in [1.807, 2.05) is 24.3 Å². The molecule has 26 heavy (non-hydrogen) atoms. The van der Waals surface area contributed by atoms with Crippen LogP contribution in [-0.2, 0) is 11.3 Å². The molecule has 0 saturated carbocycles. The van der Waals surface area contributed by atoms with Crippen LogP contribution >= 0.6 is 23.4 Å². The predicted molar refractivity (Wildman–Crippen MR) is 100 cm³/mol. The summed E-state index contributed by atoms with van der Waals surface area (Å²) in [5, 5.41) is 11.7. The van der Waals surface area contributed by atoms with E-state index in [-0.39, 0.29) is 11.7 Å². The van der Waals surface area contributed by atoms with E-state index in [1.54, 1.807) is 31.4 Å². The Labute approximate surface area is 159 Å². The molecule has 1 amide bonds. The molecule has 0 fully saturated rings. The van der Waals surface area contributed by atoms with E-state index < -0.39 is 0 Å². The molecular weight excluding hydrogens is 374 g/mol. The van der Waals surface area contributed by atoms with Gasteiger partial charge in [0, 0.05) is 17.1 Å². The van der Waals surface area contributed by atoms with Crippen LogP contribution in [0.15, 0.2) is 58.2 Å². The molecule has 0 radical (unpaired) electrons. The zero-order chi connectivity index (χ0) is 18.4. The molecular formula is C18H16ClN3O3S. The first kappa shape index (κ1) is 18.3. The lowest BCUT2D eigenvalue weighted by atomic mass is 10.2. The van der Waals surface area contributed by atoms with Gasteiger partial charge in [-0.05, 0) is 42.0 Å². The number of nitrogens with zero attached hydrogens (tertiary/aromatic N) is 2. The number of aromatic nitrogens is 2. The first-order chi connectivity index (χ1) is 12.6. The third-order valence-corrected chi connectivity index (χ3v) is 4.54. The van der Waals surface area contributed by atoms with Crippen LogP contribution in [-0.4, -0.2) is 29.0 Å². The fourth-order valence-electron chi connectivity index (χ4n) is 2.10. The van der Waals surface area contributed by atoms with E-state index >= 15 is 0 Å². The standard InChI is InChI=1S/C18H16ClN3O3S/c1-24-15-8-2-12(3-9-15)10-20-16(23)11-26-18-22-21-17(25-18)13-4-6-14(19)7-5-13/h2-9H,10-11H2,1H3,(H,20,23). The lowest BCUT2D eigenvalue weighted by molar-refractivity contribution is -0.118.